The summed E-state index contributed by atoms with van der Waals surface area (Å²) >= 11 is 0. The molecule has 0 aliphatic heterocycles. The summed E-state index contributed by atoms with van der Waals surface area (Å²) in [5.74, 6) is -0.157. The van der Waals surface area contributed by atoms with Gasteiger partial charge in [0.15, 0.2) is 0 Å². The maximum absolute atomic E-state index is 11.4. The van der Waals surface area contributed by atoms with E-state index in [1.54, 1.807) is 0 Å². The molecule has 0 aromatic heterocycles. The Morgan fingerprint density at radius 2 is 1.69 bits per heavy atom. The van der Waals surface area contributed by atoms with Gasteiger partial charge >= 0.3 is 5.97 Å². The van der Waals surface area contributed by atoms with Crippen molar-refractivity contribution in [2.75, 3.05) is 7.11 Å². The van der Waals surface area contributed by atoms with E-state index in [0.29, 0.717) is 0 Å². The Labute approximate surface area is 100 Å². The Kier molecular flexibility index (Phi) is 10.2. The van der Waals surface area contributed by atoms with Crippen molar-refractivity contribution >= 4 is 5.97 Å². The fourth-order valence-corrected chi connectivity index (χ4v) is 1.76. The van der Waals surface area contributed by atoms with Gasteiger partial charge in [-0.15, -0.1) is 0 Å². The van der Waals surface area contributed by atoms with Gasteiger partial charge in [-0.05, 0) is 19.3 Å². The molecule has 0 aliphatic rings. The van der Waals surface area contributed by atoms with Crippen LogP contribution in [0.3, 0.4) is 0 Å². The zero-order valence-electron chi connectivity index (χ0n) is 11.1. The molecular weight excluding hydrogens is 200 g/mol. The summed E-state index contributed by atoms with van der Waals surface area (Å²) in [7, 11) is 1.45. The van der Waals surface area contributed by atoms with Crippen LogP contribution in [0.5, 0.6) is 0 Å². The van der Waals surface area contributed by atoms with Crippen LogP contribution < -0.4 is 0 Å². The summed E-state index contributed by atoms with van der Waals surface area (Å²) in [6.07, 6.45) is 11.3. The molecule has 0 aliphatic carbocycles. The van der Waals surface area contributed by atoms with Crippen LogP contribution in [0.1, 0.15) is 65.2 Å². The zero-order chi connectivity index (χ0) is 12.2. The van der Waals surface area contributed by atoms with Crippen molar-refractivity contribution in [3.63, 3.8) is 0 Å². The van der Waals surface area contributed by atoms with E-state index in [1.165, 1.54) is 39.2 Å². The van der Waals surface area contributed by atoms with Gasteiger partial charge in [0.25, 0.3) is 0 Å². The Morgan fingerprint density at radius 3 is 2.25 bits per heavy atom. The molecule has 0 fully saturated rings. The van der Waals surface area contributed by atoms with Crippen molar-refractivity contribution < 1.29 is 9.53 Å². The summed E-state index contributed by atoms with van der Waals surface area (Å²) in [5.41, 5.74) is 0.848. The lowest BCUT2D eigenvalue weighted by Gasteiger charge is -2.05. The summed E-state index contributed by atoms with van der Waals surface area (Å²) in [5, 5.41) is 0. The van der Waals surface area contributed by atoms with E-state index < -0.39 is 0 Å². The van der Waals surface area contributed by atoms with Gasteiger partial charge in [-0.25, -0.2) is 4.79 Å². The van der Waals surface area contributed by atoms with Gasteiger partial charge < -0.3 is 4.74 Å². The number of allylic oxidation sites excluding steroid dienone is 1. The van der Waals surface area contributed by atoms with Crippen molar-refractivity contribution in [1.29, 1.82) is 0 Å². The smallest absolute Gasteiger partial charge is 0.333 e. The van der Waals surface area contributed by atoms with E-state index in [2.05, 4.69) is 6.92 Å². The number of ether oxygens (including phenoxy) is 1. The molecule has 0 saturated heterocycles. The lowest BCUT2D eigenvalue weighted by atomic mass is 10.0. The first-order valence-corrected chi connectivity index (χ1v) is 6.53. The number of carbonyl (C=O) groups is 1. The number of esters is 1. The van der Waals surface area contributed by atoms with Crippen molar-refractivity contribution in [2.24, 2.45) is 0 Å². The quantitative estimate of drug-likeness (QED) is 0.334. The first-order valence-electron chi connectivity index (χ1n) is 6.53. The predicted octanol–water partition coefficient (Wildman–Crippen LogP) is 4.25. The highest BCUT2D eigenvalue weighted by Gasteiger charge is 2.07. The molecule has 16 heavy (non-hydrogen) atoms. The van der Waals surface area contributed by atoms with E-state index >= 15 is 0 Å². The fraction of sp³-hybridized carbons (Fsp3) is 0.786. The number of hydrogen-bond donors (Lipinski definition) is 0. The van der Waals surface area contributed by atoms with Crippen LogP contribution in [0.25, 0.3) is 0 Å². The van der Waals surface area contributed by atoms with Gasteiger partial charge in [-0.1, -0.05) is 52.0 Å². The minimum atomic E-state index is -0.157. The van der Waals surface area contributed by atoms with Crippen molar-refractivity contribution in [3.8, 4) is 0 Å². The summed E-state index contributed by atoms with van der Waals surface area (Å²) in [4.78, 5) is 11.4. The maximum atomic E-state index is 11.4. The van der Waals surface area contributed by atoms with Gasteiger partial charge in [0.2, 0.25) is 0 Å². The van der Waals surface area contributed by atoms with Crippen LogP contribution in [0.15, 0.2) is 11.6 Å². The summed E-state index contributed by atoms with van der Waals surface area (Å²) in [6, 6.07) is 0. The molecule has 0 amide bonds. The second kappa shape index (κ2) is 10.7. The molecule has 0 spiro atoms. The molecule has 0 unspecified atom stereocenters. The lowest BCUT2D eigenvalue weighted by Crippen LogP contribution is -2.04. The maximum Gasteiger partial charge on any atom is 0.333 e. The third-order valence-corrected chi connectivity index (χ3v) is 2.70. The Balaban J connectivity index is 3.69. The average Bonchev–Trinajstić information content (AvgIpc) is 2.31. The van der Waals surface area contributed by atoms with Gasteiger partial charge in [0, 0.05) is 5.57 Å². The van der Waals surface area contributed by atoms with Gasteiger partial charge in [0.05, 0.1) is 7.11 Å². The van der Waals surface area contributed by atoms with E-state index in [4.69, 9.17) is 4.74 Å². The molecule has 0 bridgehead atoms. The van der Waals surface area contributed by atoms with Gasteiger partial charge in [-0.3, -0.25) is 0 Å². The molecule has 0 N–H and O–H groups in total. The minimum absolute atomic E-state index is 0.157. The molecule has 0 radical (unpaired) electrons. The molecule has 0 atom stereocenters. The molecule has 0 heterocycles. The average molecular weight is 226 g/mol. The second-order valence-corrected chi connectivity index (χ2v) is 4.15. The molecule has 94 valence electrons. The number of methoxy groups -OCH3 is 1. The number of carbonyl (C=O) groups excluding carboxylic acids is 1. The molecule has 0 saturated carbocycles. The van der Waals surface area contributed by atoms with E-state index in [9.17, 15) is 4.79 Å². The van der Waals surface area contributed by atoms with Crippen LogP contribution in [0.4, 0.5) is 0 Å². The van der Waals surface area contributed by atoms with Crippen molar-refractivity contribution in [2.45, 2.75) is 65.2 Å². The largest absolute Gasteiger partial charge is 0.466 e. The summed E-state index contributed by atoms with van der Waals surface area (Å²) in [6.45, 7) is 4.27. The van der Waals surface area contributed by atoms with E-state index in [0.717, 1.165) is 24.8 Å². The van der Waals surface area contributed by atoms with Crippen LogP contribution in [-0.2, 0) is 9.53 Å². The first kappa shape index (κ1) is 15.2. The summed E-state index contributed by atoms with van der Waals surface area (Å²) < 4.78 is 4.75. The van der Waals surface area contributed by atoms with Crippen LogP contribution in [-0.4, -0.2) is 13.1 Å². The SMILES string of the molecule is CCC=C(CCCCCCCC)C(=O)OC. The number of unbranched alkanes of at least 4 members (excludes halogenated alkanes) is 5. The number of rotatable bonds is 9. The second-order valence-electron chi connectivity index (χ2n) is 4.15. The highest BCUT2D eigenvalue weighted by Crippen LogP contribution is 2.13. The topological polar surface area (TPSA) is 26.3 Å². The van der Waals surface area contributed by atoms with Gasteiger partial charge in [0.1, 0.15) is 0 Å². The normalized spacial score (nSPS) is 11.6. The highest BCUT2D eigenvalue weighted by molar-refractivity contribution is 5.88. The molecule has 0 aromatic carbocycles. The first-order chi connectivity index (χ1) is 7.76. The van der Waals surface area contributed by atoms with Crippen molar-refractivity contribution in [3.05, 3.63) is 11.6 Å². The molecule has 2 nitrogen and oxygen atoms in total. The molecular formula is C14H26O2. The van der Waals surface area contributed by atoms with E-state index in [-0.39, 0.29) is 5.97 Å². The fourth-order valence-electron chi connectivity index (χ4n) is 1.76. The Morgan fingerprint density at radius 1 is 1.06 bits per heavy atom. The van der Waals surface area contributed by atoms with Crippen LogP contribution in [0.2, 0.25) is 0 Å². The van der Waals surface area contributed by atoms with E-state index in [1.807, 2.05) is 13.0 Å². The van der Waals surface area contributed by atoms with Crippen LogP contribution in [0, 0.1) is 0 Å². The van der Waals surface area contributed by atoms with Gasteiger partial charge in [-0.2, -0.15) is 0 Å². The highest BCUT2D eigenvalue weighted by atomic mass is 16.5. The molecule has 0 rings (SSSR count). The molecule has 0 aromatic rings. The molecule has 2 heteroatoms. The third-order valence-electron chi connectivity index (χ3n) is 2.70. The predicted molar refractivity (Wildman–Crippen MR) is 68.4 cm³/mol. The zero-order valence-corrected chi connectivity index (χ0v) is 11.1. The Bertz CT molecular complexity index is 207. The van der Waals surface area contributed by atoms with Crippen molar-refractivity contribution in [1.82, 2.24) is 0 Å². The van der Waals surface area contributed by atoms with Crippen LogP contribution >= 0.6 is 0 Å². The third kappa shape index (κ3) is 7.49. The minimum Gasteiger partial charge on any atom is -0.466 e. The number of hydrogen-bond acceptors (Lipinski definition) is 2. The standard InChI is InChI=1S/C14H26O2/c1-4-6-7-8-9-10-12-13(11-5-2)14(15)16-3/h11H,4-10,12H2,1-3H3. The lowest BCUT2D eigenvalue weighted by molar-refractivity contribution is -0.136. The Hall–Kier alpha value is -0.790. The monoisotopic (exact) mass is 226 g/mol.